The Labute approximate surface area is 469 Å². The van der Waals surface area contributed by atoms with Crippen molar-refractivity contribution in [3.63, 3.8) is 0 Å². The maximum Gasteiger partial charge on any atom is 0.309 e. The fourth-order valence-corrected chi connectivity index (χ4v) is 9.45. The Kier molecular flexibility index (Phi) is 40.6. The lowest BCUT2D eigenvalue weighted by molar-refractivity contribution is -0.275. The summed E-state index contributed by atoms with van der Waals surface area (Å²) in [5.41, 5.74) is 5.36. The van der Waals surface area contributed by atoms with Crippen LogP contribution in [0.1, 0.15) is 266 Å². The van der Waals surface area contributed by atoms with Crippen LogP contribution in [0.2, 0.25) is 1.41 Å². The average Bonchev–Trinajstić information content (AvgIpc) is 3.40. The molecular formula is C59H106N4O15. The number of aliphatic hydroxyl groups excluding tert-OH is 1. The first kappa shape index (κ1) is 69.7. The number of esters is 3. The van der Waals surface area contributed by atoms with Crippen LogP contribution in [0.25, 0.3) is 0 Å². The van der Waals surface area contributed by atoms with E-state index >= 15 is 0 Å². The van der Waals surface area contributed by atoms with E-state index in [1.807, 2.05) is 0 Å². The molecule has 1 heterocycles. The Morgan fingerprint density at radius 1 is 0.615 bits per heavy atom. The maximum absolute atomic E-state index is 13.7. The standard InChI is InChI=1S/C59H106N4O15/c1-7-10-13-16-19-22-23-26-29-32-35-38-51(68)78-59-53(62-45(6)64)55(75-44(5)58(73)61-43(4)57(72)63-47(56(60)71)39-40-49(65)66)54(70)48(77-59)42-74-52(69)41-46(36-33-30-27-24-20-17-14-11-8-2)76-50(67)37-34-31-28-25-21-18-15-12-9-3/h43-44,46-48,53-55,59,70H,7-42H2,1-6H3,(H2,60,71)(H,61,73)(H,62,64)(H,63,72)(H,65,66)/t43-,44+,46+,47-,48+,53+,54+,55+,59?/m0/s1/i/hD. The minimum Gasteiger partial charge on any atom is -0.481 e. The Bertz CT molecular complexity index is 1730. The number of amides is 4. The number of carboxylic acids is 1. The molecule has 1 unspecified atom stereocenters. The van der Waals surface area contributed by atoms with E-state index < -0.39 is 109 Å². The summed E-state index contributed by atoms with van der Waals surface area (Å²) >= 11 is 0. The van der Waals surface area contributed by atoms with Crippen molar-refractivity contribution in [2.75, 3.05) is 6.61 Å². The molecule has 0 aromatic heterocycles. The zero-order chi connectivity index (χ0) is 58.8. The van der Waals surface area contributed by atoms with Gasteiger partial charge in [0.05, 0.1) is 6.42 Å². The van der Waals surface area contributed by atoms with Crippen LogP contribution in [0.5, 0.6) is 0 Å². The van der Waals surface area contributed by atoms with Gasteiger partial charge in [0.1, 0.15) is 55.3 Å². The van der Waals surface area contributed by atoms with E-state index in [1.165, 1.54) is 117 Å². The molecule has 1 aliphatic heterocycles. The number of hydrogen-bond donors (Lipinski definition) is 6. The second kappa shape index (κ2) is 45.4. The van der Waals surface area contributed by atoms with Crippen molar-refractivity contribution in [2.45, 2.75) is 321 Å². The first-order valence-electron chi connectivity index (χ1n) is 30.7. The predicted molar refractivity (Wildman–Crippen MR) is 299 cm³/mol. The number of aliphatic carboxylic acids is 1. The molecule has 0 aliphatic carbocycles. The Balaban J connectivity index is 3.28. The van der Waals surface area contributed by atoms with Crippen molar-refractivity contribution in [1.82, 2.24) is 15.9 Å². The van der Waals surface area contributed by atoms with E-state index in [2.05, 4.69) is 31.4 Å². The van der Waals surface area contributed by atoms with Gasteiger partial charge in [0.2, 0.25) is 29.9 Å². The van der Waals surface area contributed by atoms with E-state index in [4.69, 9.17) is 35.9 Å². The van der Waals surface area contributed by atoms with Gasteiger partial charge in [0.15, 0.2) is 1.41 Å². The monoisotopic (exact) mass is 1110 g/mol. The summed E-state index contributed by atoms with van der Waals surface area (Å²) < 4.78 is 38.2. The molecule has 0 aromatic carbocycles. The Morgan fingerprint density at radius 2 is 1.08 bits per heavy atom. The van der Waals surface area contributed by atoms with Crippen LogP contribution in [0.15, 0.2) is 0 Å². The molecular weight excluding hydrogens is 1000 g/mol. The third-order valence-electron chi connectivity index (χ3n) is 14.2. The number of rotatable bonds is 49. The number of nitrogens with two attached hydrogens (primary N) is 1. The molecule has 0 spiro atoms. The molecule has 1 fully saturated rings. The van der Waals surface area contributed by atoms with Crippen molar-refractivity contribution >= 4 is 47.5 Å². The van der Waals surface area contributed by atoms with Crippen molar-refractivity contribution in [3.05, 3.63) is 0 Å². The highest BCUT2D eigenvalue weighted by molar-refractivity contribution is 5.92. The van der Waals surface area contributed by atoms with Crippen molar-refractivity contribution < 1.29 is 73.7 Å². The summed E-state index contributed by atoms with van der Waals surface area (Å²) in [6.07, 6.45) is 22.0. The minimum atomic E-state index is -1.76. The van der Waals surface area contributed by atoms with Crippen molar-refractivity contribution in [3.8, 4) is 0 Å². The van der Waals surface area contributed by atoms with Crippen LogP contribution >= 0.6 is 0 Å². The largest absolute Gasteiger partial charge is 0.481 e. The zero-order valence-electron chi connectivity index (χ0n) is 49.9. The van der Waals surface area contributed by atoms with E-state index in [9.17, 15) is 43.5 Å². The van der Waals surface area contributed by atoms with Crippen LogP contribution in [0.4, 0.5) is 0 Å². The number of carbonyl (C=O) groups is 8. The van der Waals surface area contributed by atoms with E-state index in [0.29, 0.717) is 19.3 Å². The van der Waals surface area contributed by atoms with Gasteiger partial charge in [0.25, 0.3) is 0 Å². The second-order valence-corrected chi connectivity index (χ2v) is 21.5. The highest BCUT2D eigenvalue weighted by Crippen LogP contribution is 2.28. The summed E-state index contributed by atoms with van der Waals surface area (Å²) in [5.74, 6) is -6.83. The molecule has 1 saturated heterocycles. The molecule has 1 aliphatic rings. The van der Waals surface area contributed by atoms with Gasteiger partial charge in [0, 0.05) is 26.2 Å². The van der Waals surface area contributed by atoms with Crippen LogP contribution < -0.4 is 21.7 Å². The lowest BCUT2D eigenvalue weighted by Crippen LogP contribution is -2.66. The smallest absolute Gasteiger partial charge is 0.309 e. The summed E-state index contributed by atoms with van der Waals surface area (Å²) in [6, 6.07) is -4.41. The Hall–Kier alpha value is -4.36. The second-order valence-electron chi connectivity index (χ2n) is 21.5. The number of nitrogens with one attached hydrogen (secondary N) is 3. The molecule has 19 heteroatoms. The van der Waals surface area contributed by atoms with Gasteiger partial charge >= 0.3 is 23.9 Å². The quantitative estimate of drug-likeness (QED) is 0.0188. The first-order chi connectivity index (χ1) is 37.9. The van der Waals surface area contributed by atoms with Gasteiger partial charge in [-0.2, -0.15) is 0 Å². The first-order valence-corrected chi connectivity index (χ1v) is 30.3. The number of unbranched alkanes of at least 4 members (excludes halogenated alkanes) is 26. The van der Waals surface area contributed by atoms with E-state index in [1.54, 1.807) is 0 Å². The number of ether oxygens (including phenoxy) is 5. The maximum atomic E-state index is 13.7. The summed E-state index contributed by atoms with van der Waals surface area (Å²) in [5, 5.41) is 26.1. The number of hydrogen-bond acceptors (Lipinski definition) is 14. The highest BCUT2D eigenvalue weighted by atomic mass is 16.7. The SMILES string of the molecule is [2H]N(C(=O)[C@@H](C)O[C@H]1[C@H](O)[C@@H](COC(=O)C[C@@H](CCCCCCCCCCC)OC(=O)CCCCCCCCCCC)OC(OC(=O)CCCCCCCCCCCCC)[C@@H]1NC(C)=O)[C@@H](C)C(=O)N[C@@H](CCC(=O)O)C(N)=O. The number of carboxylic acid groups (broad SMARTS) is 1. The van der Waals surface area contributed by atoms with Crippen LogP contribution in [-0.2, 0) is 62.0 Å². The molecule has 78 heavy (non-hydrogen) atoms. The minimum absolute atomic E-state index is 0.00511. The zero-order valence-corrected chi connectivity index (χ0v) is 48.9. The van der Waals surface area contributed by atoms with E-state index in [0.717, 1.165) is 77.0 Å². The topological polar surface area (TPSA) is 285 Å². The van der Waals surface area contributed by atoms with Gasteiger partial charge in [-0.3, -0.25) is 38.4 Å². The fraction of sp³-hybridized carbons (Fsp3) is 0.864. The summed E-state index contributed by atoms with van der Waals surface area (Å²) in [7, 11) is 0. The molecule has 452 valence electrons. The molecule has 0 aromatic rings. The molecule has 7 N–H and O–H groups in total. The number of carbonyl (C=O) groups excluding carboxylic acids is 7. The van der Waals surface area contributed by atoms with Crippen LogP contribution in [0, 0.1) is 0 Å². The normalized spacial score (nSPS) is 18.9. The summed E-state index contributed by atoms with van der Waals surface area (Å²) in [4.78, 5) is 103. The van der Waals surface area contributed by atoms with Gasteiger partial charge in [-0.1, -0.05) is 188 Å². The van der Waals surface area contributed by atoms with Gasteiger partial charge in [-0.25, -0.2) is 0 Å². The van der Waals surface area contributed by atoms with Crippen LogP contribution in [-0.4, -0.2) is 119 Å². The number of aliphatic hydroxyl groups is 1. The molecule has 19 nitrogen and oxygen atoms in total. The number of primary amides is 1. The lowest BCUT2D eigenvalue weighted by atomic mass is 9.96. The average molecular weight is 1110 g/mol. The van der Waals surface area contributed by atoms with Gasteiger partial charge in [-0.05, 0) is 46.0 Å². The van der Waals surface area contributed by atoms with Crippen molar-refractivity contribution in [1.29, 1.82) is 0 Å². The molecule has 0 saturated carbocycles. The predicted octanol–water partition coefficient (Wildman–Crippen LogP) is 9.62. The highest BCUT2D eigenvalue weighted by Gasteiger charge is 2.50. The third kappa shape index (κ3) is 35.3. The summed E-state index contributed by atoms with van der Waals surface area (Å²) in [6.45, 7) is 9.55. The van der Waals surface area contributed by atoms with Crippen molar-refractivity contribution in [2.24, 2.45) is 5.73 Å². The fourth-order valence-electron chi connectivity index (χ4n) is 9.45. The molecule has 0 bridgehead atoms. The molecule has 9 atom stereocenters. The molecule has 0 radical (unpaired) electrons. The third-order valence-corrected chi connectivity index (χ3v) is 14.2. The van der Waals surface area contributed by atoms with Gasteiger partial charge < -0.3 is 55.6 Å². The molecule has 1 rings (SSSR count). The Morgan fingerprint density at radius 3 is 1.54 bits per heavy atom. The van der Waals surface area contributed by atoms with E-state index in [-0.39, 0.29) is 37.0 Å². The van der Waals surface area contributed by atoms with Gasteiger partial charge in [-0.15, -0.1) is 0 Å². The lowest BCUT2D eigenvalue weighted by Gasteiger charge is -2.44. The molecule has 4 amide bonds. The van der Waals surface area contributed by atoms with Crippen LogP contribution in [0.3, 0.4) is 0 Å².